The average molecular weight is 366 g/mol. The Hall–Kier alpha value is -2.68. The fourth-order valence-corrected chi connectivity index (χ4v) is 2.75. The van der Waals surface area contributed by atoms with Crippen molar-refractivity contribution in [2.24, 2.45) is 5.92 Å². The summed E-state index contributed by atoms with van der Waals surface area (Å²) in [5.74, 6) is -0.831. The first-order chi connectivity index (χ1) is 11.8. The van der Waals surface area contributed by atoms with Gasteiger partial charge in [0.05, 0.1) is 0 Å². The molecule has 0 amide bonds. The number of fused-ring (bicyclic) bond motifs is 1. The molecule has 10 heteroatoms. The number of hydrogen-bond donors (Lipinski definition) is 1. The van der Waals surface area contributed by atoms with Gasteiger partial charge in [0.1, 0.15) is 24.6 Å². The monoisotopic (exact) mass is 365 g/mol. The van der Waals surface area contributed by atoms with E-state index in [1.807, 2.05) is 6.20 Å². The molecule has 3 rings (SSSR count). The maximum Gasteiger partial charge on any atom is 0.303 e. The van der Waals surface area contributed by atoms with Crippen molar-refractivity contribution in [3.05, 3.63) is 17.1 Å². The largest absolute Gasteiger partial charge is 0.462 e. The van der Waals surface area contributed by atoms with Gasteiger partial charge in [-0.05, 0) is 12.0 Å². The van der Waals surface area contributed by atoms with E-state index in [-0.39, 0.29) is 23.6 Å². The number of carbonyl (C=O) groups is 2. The summed E-state index contributed by atoms with van der Waals surface area (Å²) in [5.41, 5.74) is 7.56. The molecule has 9 nitrogen and oxygen atoms in total. The van der Waals surface area contributed by atoms with Crippen LogP contribution < -0.4 is 5.73 Å². The van der Waals surface area contributed by atoms with E-state index in [4.69, 9.17) is 26.8 Å². The summed E-state index contributed by atoms with van der Waals surface area (Å²) in [6.45, 7) is 2.64. The van der Waals surface area contributed by atoms with Crippen molar-refractivity contribution in [1.82, 2.24) is 19.5 Å². The van der Waals surface area contributed by atoms with Gasteiger partial charge in [0.25, 0.3) is 0 Å². The van der Waals surface area contributed by atoms with Crippen LogP contribution >= 0.6 is 11.6 Å². The van der Waals surface area contributed by atoms with Crippen LogP contribution in [0.25, 0.3) is 17.4 Å². The molecule has 1 saturated carbocycles. The number of imidazole rings is 1. The molecule has 1 aliphatic carbocycles. The van der Waals surface area contributed by atoms with Crippen molar-refractivity contribution in [2.75, 3.05) is 12.3 Å². The number of hydrogen-bond acceptors (Lipinski definition) is 8. The molecule has 132 valence electrons. The molecule has 0 bridgehead atoms. The first-order valence-corrected chi connectivity index (χ1v) is 7.89. The van der Waals surface area contributed by atoms with Crippen molar-refractivity contribution in [2.45, 2.75) is 26.4 Å². The molecule has 2 aromatic rings. The van der Waals surface area contributed by atoms with Crippen molar-refractivity contribution < 1.29 is 19.1 Å². The summed E-state index contributed by atoms with van der Waals surface area (Å²) >= 11 is 6.00. The van der Waals surface area contributed by atoms with Crippen molar-refractivity contribution in [1.29, 1.82) is 0 Å². The normalized spacial score (nSPS) is 19.0. The molecule has 2 heterocycles. The fourth-order valence-electron chi connectivity index (χ4n) is 2.53. The van der Waals surface area contributed by atoms with Crippen LogP contribution in [0.5, 0.6) is 0 Å². The molecule has 0 aliphatic heterocycles. The molecule has 2 atom stereocenters. The quantitative estimate of drug-likeness (QED) is 0.623. The molecule has 1 aliphatic rings. The Balaban J connectivity index is 1.81. The third-order valence-electron chi connectivity index (χ3n) is 3.69. The van der Waals surface area contributed by atoms with Crippen LogP contribution in [0.4, 0.5) is 5.95 Å². The third-order valence-corrected chi connectivity index (χ3v) is 3.95. The van der Waals surface area contributed by atoms with Crippen LogP contribution in [0, 0.1) is 5.92 Å². The Bertz CT molecular complexity index is 878. The zero-order valence-corrected chi connectivity index (χ0v) is 14.4. The van der Waals surface area contributed by atoms with Crippen LogP contribution in [0.1, 0.15) is 20.3 Å². The van der Waals surface area contributed by atoms with Gasteiger partial charge in [0, 0.05) is 26.0 Å². The molecule has 0 unspecified atom stereocenters. The Morgan fingerprint density at radius 1 is 1.44 bits per heavy atom. The van der Waals surface area contributed by atoms with E-state index in [0.29, 0.717) is 17.6 Å². The highest BCUT2D eigenvalue weighted by Crippen LogP contribution is 2.42. The minimum absolute atomic E-state index is 0.0164. The molecule has 0 saturated heterocycles. The number of nitrogens with zero attached hydrogens (tertiary/aromatic N) is 4. The van der Waals surface area contributed by atoms with Crippen molar-refractivity contribution in [3.8, 4) is 0 Å². The number of halogens is 1. The third kappa shape index (κ3) is 3.87. The molecular weight excluding hydrogens is 350 g/mol. The number of aromatic nitrogens is 4. The van der Waals surface area contributed by atoms with Gasteiger partial charge in [-0.3, -0.25) is 14.2 Å². The van der Waals surface area contributed by atoms with Crippen LogP contribution in [0.15, 0.2) is 11.9 Å². The molecular formula is C15H16ClN5O4. The van der Waals surface area contributed by atoms with Crippen LogP contribution in [-0.2, 0) is 19.1 Å². The average Bonchev–Trinajstić information content (AvgIpc) is 3.15. The van der Waals surface area contributed by atoms with E-state index in [1.165, 1.54) is 13.8 Å². The number of nitrogen functional groups attached to an aromatic ring is 1. The lowest BCUT2D eigenvalue weighted by Crippen LogP contribution is -2.25. The van der Waals surface area contributed by atoms with Gasteiger partial charge >= 0.3 is 11.9 Å². The summed E-state index contributed by atoms with van der Waals surface area (Å²) in [5, 5.41) is 0.180. The second kappa shape index (κ2) is 6.67. The lowest BCUT2D eigenvalue weighted by atomic mass is 10.2. The smallest absolute Gasteiger partial charge is 0.303 e. The highest BCUT2D eigenvalue weighted by Gasteiger charge is 2.40. The van der Waals surface area contributed by atoms with Crippen LogP contribution in [0.2, 0.25) is 5.15 Å². The van der Waals surface area contributed by atoms with Gasteiger partial charge in [-0.2, -0.15) is 9.97 Å². The molecule has 1 fully saturated rings. The van der Waals surface area contributed by atoms with E-state index < -0.39 is 18.0 Å². The minimum Gasteiger partial charge on any atom is -0.462 e. The predicted molar refractivity (Wildman–Crippen MR) is 89.3 cm³/mol. The first-order valence-electron chi connectivity index (χ1n) is 7.52. The lowest BCUT2D eigenvalue weighted by Gasteiger charge is -2.15. The Kier molecular flexibility index (Phi) is 4.58. The van der Waals surface area contributed by atoms with E-state index in [0.717, 1.165) is 5.57 Å². The standard InChI is InChI=1S/C15H16ClN5O4/c1-7(22)24-5-11(25-8(2)23)10-3-9(10)4-21-6-18-12-13(16)19-15(17)20-14(12)21/h4,6,10-11H,3,5H2,1-2H3,(H2,17,19,20)/b9-4+/t10-,11-/m0/s1. The Morgan fingerprint density at radius 2 is 2.20 bits per heavy atom. The van der Waals surface area contributed by atoms with Crippen molar-refractivity contribution in [3.63, 3.8) is 0 Å². The predicted octanol–water partition coefficient (Wildman–Crippen LogP) is 1.42. The molecule has 0 spiro atoms. The van der Waals surface area contributed by atoms with Crippen molar-refractivity contribution >= 4 is 46.9 Å². The molecule has 25 heavy (non-hydrogen) atoms. The van der Waals surface area contributed by atoms with E-state index >= 15 is 0 Å². The van der Waals surface area contributed by atoms with Crippen LogP contribution in [-0.4, -0.2) is 44.2 Å². The lowest BCUT2D eigenvalue weighted by molar-refractivity contribution is -0.157. The Labute approximate surface area is 147 Å². The zero-order chi connectivity index (χ0) is 18.1. The van der Waals surface area contributed by atoms with Gasteiger partial charge in [-0.1, -0.05) is 11.6 Å². The zero-order valence-electron chi connectivity index (χ0n) is 13.6. The summed E-state index contributed by atoms with van der Waals surface area (Å²) in [6.07, 6.45) is 3.56. The fraction of sp³-hybridized carbons (Fsp3) is 0.400. The maximum absolute atomic E-state index is 11.3. The van der Waals surface area contributed by atoms with E-state index in [2.05, 4.69) is 15.0 Å². The van der Waals surface area contributed by atoms with Gasteiger partial charge in [0.2, 0.25) is 5.95 Å². The SMILES string of the molecule is CC(=O)OC[C@H](OC(C)=O)[C@H]1C/C1=C\n1cnc2c(Cl)nc(N)nc21. The van der Waals surface area contributed by atoms with E-state index in [9.17, 15) is 9.59 Å². The highest BCUT2D eigenvalue weighted by molar-refractivity contribution is 6.33. The minimum atomic E-state index is -0.522. The summed E-state index contributed by atoms with van der Waals surface area (Å²) in [4.78, 5) is 34.4. The van der Waals surface area contributed by atoms with Gasteiger partial charge in [-0.25, -0.2) is 4.98 Å². The number of ether oxygens (including phenoxy) is 2. The molecule has 0 radical (unpaired) electrons. The molecule has 2 N–H and O–H groups in total. The second-order valence-corrected chi connectivity index (χ2v) is 6.02. The van der Waals surface area contributed by atoms with Gasteiger partial charge in [-0.15, -0.1) is 0 Å². The van der Waals surface area contributed by atoms with Crippen LogP contribution in [0.3, 0.4) is 0 Å². The highest BCUT2D eigenvalue weighted by atomic mass is 35.5. The maximum atomic E-state index is 11.3. The number of carbonyl (C=O) groups excluding carboxylic acids is 2. The number of rotatable bonds is 5. The molecule has 2 aromatic heterocycles. The number of esters is 2. The van der Waals surface area contributed by atoms with Gasteiger partial charge in [0.15, 0.2) is 10.8 Å². The number of nitrogens with two attached hydrogens (primary N) is 1. The Morgan fingerprint density at radius 3 is 2.88 bits per heavy atom. The van der Waals surface area contributed by atoms with E-state index in [1.54, 1.807) is 10.9 Å². The summed E-state index contributed by atoms with van der Waals surface area (Å²) in [7, 11) is 0. The topological polar surface area (TPSA) is 122 Å². The summed E-state index contributed by atoms with van der Waals surface area (Å²) in [6, 6.07) is 0. The first kappa shape index (κ1) is 17.2. The number of anilines is 1. The van der Waals surface area contributed by atoms with Gasteiger partial charge < -0.3 is 15.2 Å². The molecule has 0 aromatic carbocycles. The second-order valence-electron chi connectivity index (χ2n) is 5.66. The summed E-state index contributed by atoms with van der Waals surface area (Å²) < 4.78 is 11.9.